The van der Waals surface area contributed by atoms with Crippen LogP contribution in [0, 0.1) is 0 Å². The van der Waals surface area contributed by atoms with Gasteiger partial charge < -0.3 is 36.0 Å². The average Bonchev–Trinajstić information content (AvgIpc) is 2.94. The van der Waals surface area contributed by atoms with Crippen molar-refractivity contribution in [2.75, 3.05) is 52.9 Å². The number of ether oxygens (including phenoxy) is 2. The van der Waals surface area contributed by atoms with Gasteiger partial charge in [0.2, 0.25) is 11.5 Å². The third kappa shape index (κ3) is 8.31. The van der Waals surface area contributed by atoms with Crippen LogP contribution in [0.2, 0.25) is 0 Å². The van der Waals surface area contributed by atoms with E-state index in [1.54, 1.807) is 41.5 Å². The Hall–Kier alpha value is -1.41. The SMILES string of the molecule is CCO[Si](C=CCOC1=C(OCC=C[Si](OCC)(OCC)OCC)C(F)(F)C(F)(F)C1(F)F)(OCC)OCC. The van der Waals surface area contributed by atoms with Crippen molar-refractivity contribution in [2.45, 2.75) is 59.3 Å². The Morgan fingerprint density at radius 1 is 0.513 bits per heavy atom. The molecule has 0 aromatic rings. The standard InChI is InChI=1S/C23H38F6O8Si2/c1-7-32-38(33-8-2,34-9-3)17-13-15-30-19-20(22(26,27)23(28,29)21(19,24)25)31-16-14-18-39(35-10-4,36-11-5)37-12-6/h13-14,17-18H,7-12,15-16H2,1-6H3. The molecule has 0 aromatic carbocycles. The minimum Gasteiger partial charge on any atom is -0.484 e. The minimum absolute atomic E-state index is 0.199. The lowest BCUT2D eigenvalue weighted by Crippen LogP contribution is -2.49. The smallest absolute Gasteiger partial charge is 0.484 e. The summed E-state index contributed by atoms with van der Waals surface area (Å²) in [5, 5.41) is 0. The Morgan fingerprint density at radius 2 is 0.769 bits per heavy atom. The maximum Gasteiger partial charge on any atom is 0.529 e. The zero-order chi connectivity index (χ0) is 29.8. The lowest BCUT2D eigenvalue weighted by Gasteiger charge is -2.25. The molecular weight excluding hydrogens is 574 g/mol. The largest absolute Gasteiger partial charge is 0.529 e. The second-order valence-corrected chi connectivity index (χ2v) is 12.4. The van der Waals surface area contributed by atoms with E-state index in [4.69, 9.17) is 36.0 Å². The van der Waals surface area contributed by atoms with Crippen LogP contribution >= 0.6 is 0 Å². The maximum absolute atomic E-state index is 14.5. The van der Waals surface area contributed by atoms with E-state index < -0.39 is 60.1 Å². The number of rotatable bonds is 20. The van der Waals surface area contributed by atoms with Crippen LogP contribution in [0.3, 0.4) is 0 Å². The van der Waals surface area contributed by atoms with Crippen LogP contribution in [0.4, 0.5) is 26.3 Å². The van der Waals surface area contributed by atoms with Crippen molar-refractivity contribution in [1.82, 2.24) is 0 Å². The molecule has 0 fully saturated rings. The molecule has 0 amide bonds. The van der Waals surface area contributed by atoms with Gasteiger partial charge in [0, 0.05) is 39.6 Å². The highest BCUT2D eigenvalue weighted by Crippen LogP contribution is 2.59. The molecule has 0 atom stereocenters. The zero-order valence-corrected chi connectivity index (χ0v) is 25.0. The summed E-state index contributed by atoms with van der Waals surface area (Å²) in [4.78, 5) is 0. The number of hydrogen-bond acceptors (Lipinski definition) is 8. The molecule has 0 unspecified atom stereocenters. The van der Waals surface area contributed by atoms with Gasteiger partial charge in [0.05, 0.1) is 0 Å². The van der Waals surface area contributed by atoms with Gasteiger partial charge in [0.15, 0.2) is 0 Å². The van der Waals surface area contributed by atoms with Crippen LogP contribution in [-0.4, -0.2) is 88.2 Å². The molecule has 0 bridgehead atoms. The predicted molar refractivity (Wildman–Crippen MR) is 133 cm³/mol. The molecule has 0 saturated carbocycles. The van der Waals surface area contributed by atoms with Crippen molar-refractivity contribution in [3.05, 3.63) is 35.1 Å². The molecule has 1 rings (SSSR count). The Labute approximate surface area is 227 Å². The van der Waals surface area contributed by atoms with Gasteiger partial charge in [-0.05, 0) is 65.1 Å². The van der Waals surface area contributed by atoms with Gasteiger partial charge in [-0.1, -0.05) is 0 Å². The van der Waals surface area contributed by atoms with Crippen molar-refractivity contribution in [1.29, 1.82) is 0 Å². The molecule has 0 saturated heterocycles. The maximum atomic E-state index is 14.5. The molecule has 0 radical (unpaired) electrons. The summed E-state index contributed by atoms with van der Waals surface area (Å²) in [5.74, 6) is -20.4. The Balaban J connectivity index is 3.24. The lowest BCUT2D eigenvalue weighted by atomic mass is 10.1. The molecule has 0 heterocycles. The van der Waals surface area contributed by atoms with E-state index in [1.807, 2.05) is 0 Å². The van der Waals surface area contributed by atoms with Gasteiger partial charge >= 0.3 is 35.4 Å². The normalized spacial score (nSPS) is 19.0. The number of allylic oxidation sites excluding steroid dienone is 2. The molecule has 16 heteroatoms. The summed E-state index contributed by atoms with van der Waals surface area (Å²) in [7, 11) is -6.76. The fourth-order valence-corrected chi connectivity index (χ4v) is 7.73. The summed E-state index contributed by atoms with van der Waals surface area (Å²) in [6.45, 7) is 9.69. The van der Waals surface area contributed by atoms with Crippen LogP contribution < -0.4 is 0 Å². The molecule has 0 N–H and O–H groups in total. The molecule has 228 valence electrons. The van der Waals surface area contributed by atoms with Gasteiger partial charge in [-0.3, -0.25) is 0 Å². The van der Waals surface area contributed by atoms with E-state index in [0.717, 1.165) is 12.2 Å². The van der Waals surface area contributed by atoms with E-state index in [9.17, 15) is 26.3 Å². The molecule has 8 nitrogen and oxygen atoms in total. The summed E-state index contributed by atoms with van der Waals surface area (Å²) in [6, 6.07) is 0. The molecule has 1 aliphatic carbocycles. The van der Waals surface area contributed by atoms with Crippen molar-refractivity contribution >= 4 is 17.6 Å². The highest BCUT2D eigenvalue weighted by Gasteiger charge is 2.83. The quantitative estimate of drug-likeness (QED) is 0.133. The minimum atomic E-state index is -5.79. The van der Waals surface area contributed by atoms with Crippen molar-refractivity contribution in [3.8, 4) is 0 Å². The molecular formula is C23H38F6O8Si2. The summed E-state index contributed by atoms with van der Waals surface area (Å²) in [6.07, 6.45) is 2.24. The Morgan fingerprint density at radius 3 is 1.00 bits per heavy atom. The Kier molecular flexibility index (Phi) is 14.2. The van der Waals surface area contributed by atoms with E-state index in [0.29, 0.717) is 0 Å². The van der Waals surface area contributed by atoms with Crippen LogP contribution in [-0.2, 0) is 36.0 Å². The van der Waals surface area contributed by atoms with Crippen LogP contribution in [0.25, 0.3) is 0 Å². The first-order valence-corrected chi connectivity index (χ1v) is 16.2. The van der Waals surface area contributed by atoms with Gasteiger partial charge in [0.1, 0.15) is 13.2 Å². The fourth-order valence-electron chi connectivity index (χ4n) is 3.47. The zero-order valence-electron chi connectivity index (χ0n) is 23.0. The molecule has 1 aliphatic rings. The first kappa shape index (κ1) is 35.6. The predicted octanol–water partition coefficient (Wildman–Crippen LogP) is 5.44. The summed E-state index contributed by atoms with van der Waals surface area (Å²) >= 11 is 0. The van der Waals surface area contributed by atoms with Gasteiger partial charge in [-0.25, -0.2) is 0 Å². The number of hydrogen-bond donors (Lipinski definition) is 0. The molecule has 0 aromatic heterocycles. The second-order valence-electron chi connectivity index (χ2n) is 7.61. The second kappa shape index (κ2) is 15.6. The van der Waals surface area contributed by atoms with Crippen molar-refractivity contribution in [3.63, 3.8) is 0 Å². The monoisotopic (exact) mass is 612 g/mol. The molecule has 39 heavy (non-hydrogen) atoms. The van der Waals surface area contributed by atoms with Crippen molar-refractivity contribution in [2.24, 2.45) is 0 Å². The average molecular weight is 613 g/mol. The summed E-state index contributed by atoms with van der Waals surface area (Å²) < 4.78 is 129. The third-order valence-corrected chi connectivity index (χ3v) is 10.4. The lowest BCUT2D eigenvalue weighted by molar-refractivity contribution is -0.276. The van der Waals surface area contributed by atoms with E-state index in [1.165, 1.54) is 11.4 Å². The molecule has 0 aliphatic heterocycles. The van der Waals surface area contributed by atoms with Crippen LogP contribution in [0.15, 0.2) is 35.1 Å². The first-order valence-electron chi connectivity index (χ1n) is 12.6. The number of alkyl halides is 6. The van der Waals surface area contributed by atoms with E-state index in [-0.39, 0.29) is 39.6 Å². The van der Waals surface area contributed by atoms with Crippen molar-refractivity contribution < 1.29 is 62.4 Å². The van der Waals surface area contributed by atoms with E-state index >= 15 is 0 Å². The highest BCUT2D eigenvalue weighted by atomic mass is 28.4. The first-order chi connectivity index (χ1) is 18.3. The Bertz CT molecular complexity index is 743. The van der Waals surface area contributed by atoms with Gasteiger partial charge in [-0.15, -0.1) is 0 Å². The molecule has 0 spiro atoms. The third-order valence-electron chi connectivity index (χ3n) is 4.93. The van der Waals surface area contributed by atoms with Crippen LogP contribution in [0.1, 0.15) is 41.5 Å². The van der Waals surface area contributed by atoms with E-state index in [2.05, 4.69) is 0 Å². The fraction of sp³-hybridized carbons (Fsp3) is 0.739. The van der Waals surface area contributed by atoms with Crippen LogP contribution in [0.5, 0.6) is 0 Å². The highest BCUT2D eigenvalue weighted by molar-refractivity contribution is 6.66. The van der Waals surface area contributed by atoms with Gasteiger partial charge in [-0.2, -0.15) is 26.3 Å². The topological polar surface area (TPSA) is 73.8 Å². The number of halogens is 6. The summed E-state index contributed by atoms with van der Waals surface area (Å²) in [5.41, 5.74) is 2.60. The van der Waals surface area contributed by atoms with Gasteiger partial charge in [0.25, 0.3) is 0 Å².